The number of aliphatic hydroxyl groups excluding tert-OH is 1. The Labute approximate surface area is 343 Å². The van der Waals surface area contributed by atoms with Gasteiger partial charge in [-0.1, -0.05) is 120 Å². The molecular formula is C46H74N2O9. The van der Waals surface area contributed by atoms with E-state index in [-0.39, 0.29) is 24.7 Å². The van der Waals surface area contributed by atoms with Crippen molar-refractivity contribution >= 4 is 11.6 Å². The van der Waals surface area contributed by atoms with Crippen molar-refractivity contribution in [3.63, 3.8) is 0 Å². The van der Waals surface area contributed by atoms with Gasteiger partial charge in [0.15, 0.2) is 6.29 Å². The number of amides is 1. The van der Waals surface area contributed by atoms with Crippen molar-refractivity contribution in [3.05, 3.63) is 65.2 Å². The standard InChI is InChI=1S/C46H74N2O9/c1-2-3-4-5-6-7-8-9-10-11-12-13-14-18-45(50)47-42-17-15-16-41(35-42)46-56-43(36-44(57-46)40-21-19-39(38-49)20-22-40)37-48-23-25-51-27-29-53-31-33-55-34-32-54-30-28-52-26-24-48/h15-17,19-22,35,43-44,46,49H,2-14,18,23-34,36-38H2,1H3,(H,47,50). The molecule has 3 atom stereocenters. The number of aliphatic hydroxyl groups is 1. The molecule has 2 N–H and O–H groups in total. The molecule has 2 heterocycles. The van der Waals surface area contributed by atoms with Crippen LogP contribution in [0.5, 0.6) is 0 Å². The molecule has 2 aromatic rings. The maximum absolute atomic E-state index is 13.0. The van der Waals surface area contributed by atoms with Gasteiger partial charge in [0, 0.05) is 43.7 Å². The Morgan fingerprint density at radius 2 is 1.18 bits per heavy atom. The molecule has 57 heavy (non-hydrogen) atoms. The van der Waals surface area contributed by atoms with Gasteiger partial charge in [0.2, 0.25) is 5.91 Å². The maximum Gasteiger partial charge on any atom is 0.224 e. The summed E-state index contributed by atoms with van der Waals surface area (Å²) in [5, 5.41) is 12.8. The first-order valence-electron chi connectivity index (χ1n) is 22.2. The van der Waals surface area contributed by atoms with Crippen LogP contribution in [0.1, 0.15) is 132 Å². The number of ether oxygens (including phenoxy) is 7. The summed E-state index contributed by atoms with van der Waals surface area (Å²) in [7, 11) is 0. The monoisotopic (exact) mass is 799 g/mol. The number of hydrogen-bond acceptors (Lipinski definition) is 10. The number of anilines is 1. The van der Waals surface area contributed by atoms with Crippen LogP contribution in [0.25, 0.3) is 0 Å². The highest BCUT2D eigenvalue weighted by atomic mass is 16.7. The number of benzene rings is 2. The summed E-state index contributed by atoms with van der Waals surface area (Å²) >= 11 is 0. The third-order valence-corrected chi connectivity index (χ3v) is 10.6. The third-order valence-electron chi connectivity index (χ3n) is 10.6. The summed E-state index contributed by atoms with van der Waals surface area (Å²) in [5.41, 5.74) is 3.48. The van der Waals surface area contributed by atoms with E-state index in [9.17, 15) is 9.90 Å². The van der Waals surface area contributed by atoms with Crippen molar-refractivity contribution in [2.45, 2.75) is 128 Å². The number of nitrogens with zero attached hydrogens (tertiary/aromatic N) is 1. The topological polar surface area (TPSA) is 117 Å². The van der Waals surface area contributed by atoms with Crippen LogP contribution in [-0.4, -0.2) is 108 Å². The summed E-state index contributed by atoms with van der Waals surface area (Å²) in [6.45, 7) is 9.65. The van der Waals surface area contributed by atoms with Crippen molar-refractivity contribution in [3.8, 4) is 0 Å². The molecular weight excluding hydrogens is 725 g/mol. The van der Waals surface area contributed by atoms with Crippen molar-refractivity contribution < 1.29 is 43.1 Å². The molecule has 2 aromatic carbocycles. The molecule has 0 bridgehead atoms. The van der Waals surface area contributed by atoms with Gasteiger partial charge in [-0.15, -0.1) is 0 Å². The van der Waals surface area contributed by atoms with Crippen LogP contribution in [0, 0.1) is 0 Å². The minimum Gasteiger partial charge on any atom is -0.392 e. The molecule has 0 aliphatic carbocycles. The predicted molar refractivity (Wildman–Crippen MR) is 224 cm³/mol. The fourth-order valence-corrected chi connectivity index (χ4v) is 7.27. The average Bonchev–Trinajstić information content (AvgIpc) is 3.23. The second kappa shape index (κ2) is 30.6. The molecule has 0 aromatic heterocycles. The largest absolute Gasteiger partial charge is 0.392 e. The highest BCUT2D eigenvalue weighted by molar-refractivity contribution is 5.90. The lowest BCUT2D eigenvalue weighted by atomic mass is 9.99. The fraction of sp³-hybridized carbons (Fsp3) is 0.717. The Hall–Kier alpha value is -2.45. The minimum atomic E-state index is -0.629. The van der Waals surface area contributed by atoms with Gasteiger partial charge in [-0.25, -0.2) is 0 Å². The van der Waals surface area contributed by atoms with Gasteiger partial charge in [-0.05, 0) is 29.7 Å². The highest BCUT2D eigenvalue weighted by Gasteiger charge is 2.33. The normalized spacial score (nSPS) is 21.4. The van der Waals surface area contributed by atoms with E-state index < -0.39 is 6.29 Å². The van der Waals surface area contributed by atoms with E-state index in [1.54, 1.807) is 0 Å². The van der Waals surface area contributed by atoms with Gasteiger partial charge in [0.25, 0.3) is 0 Å². The predicted octanol–water partition coefficient (Wildman–Crippen LogP) is 8.54. The number of rotatable bonds is 20. The first-order valence-corrected chi connectivity index (χ1v) is 22.2. The van der Waals surface area contributed by atoms with Crippen LogP contribution in [0.4, 0.5) is 5.69 Å². The molecule has 2 aliphatic heterocycles. The lowest BCUT2D eigenvalue weighted by molar-refractivity contribution is -0.253. The zero-order chi connectivity index (χ0) is 40.0. The molecule has 4 rings (SSSR count). The van der Waals surface area contributed by atoms with Gasteiger partial charge in [-0.3, -0.25) is 9.69 Å². The molecule has 11 nitrogen and oxygen atoms in total. The Kier molecular flexibility index (Phi) is 25.3. The Morgan fingerprint density at radius 1 is 0.649 bits per heavy atom. The van der Waals surface area contributed by atoms with Crippen LogP contribution < -0.4 is 5.32 Å². The van der Waals surface area contributed by atoms with Crippen molar-refractivity contribution in [2.75, 3.05) is 91.0 Å². The van der Waals surface area contributed by atoms with Crippen molar-refractivity contribution in [1.82, 2.24) is 4.90 Å². The second-order valence-electron chi connectivity index (χ2n) is 15.4. The van der Waals surface area contributed by atoms with Crippen LogP contribution in [-0.2, 0) is 44.6 Å². The van der Waals surface area contributed by atoms with Crippen molar-refractivity contribution in [1.29, 1.82) is 0 Å². The summed E-state index contributed by atoms with van der Waals surface area (Å²) in [5.74, 6) is 0.0378. The van der Waals surface area contributed by atoms with Gasteiger partial charge in [0.05, 0.1) is 84.9 Å². The first kappa shape index (κ1) is 47.2. The van der Waals surface area contributed by atoms with E-state index in [0.717, 1.165) is 35.2 Å². The van der Waals surface area contributed by atoms with E-state index in [1.807, 2.05) is 48.5 Å². The van der Waals surface area contributed by atoms with Crippen LogP contribution in [0.2, 0.25) is 0 Å². The molecule has 2 saturated heterocycles. The Morgan fingerprint density at radius 3 is 1.72 bits per heavy atom. The van der Waals surface area contributed by atoms with E-state index in [2.05, 4.69) is 17.1 Å². The van der Waals surface area contributed by atoms with E-state index in [0.29, 0.717) is 98.5 Å². The second-order valence-corrected chi connectivity index (χ2v) is 15.4. The molecule has 1 amide bonds. The number of unbranched alkanes of at least 4 members (excludes halogenated alkanes) is 12. The molecule has 0 radical (unpaired) electrons. The molecule has 11 heteroatoms. The number of nitrogens with one attached hydrogen (secondary N) is 1. The summed E-state index contributed by atoms with van der Waals surface area (Å²) < 4.78 is 42.0. The van der Waals surface area contributed by atoms with Gasteiger partial charge in [0.1, 0.15) is 0 Å². The quantitative estimate of drug-likeness (QED) is 0.126. The third kappa shape index (κ3) is 20.9. The SMILES string of the molecule is CCCCCCCCCCCCCCCC(=O)Nc1cccc(C2OC(CN3CCOCCOCCOCCOCCOCC3)CC(c3ccc(CO)cc3)O2)c1. The smallest absolute Gasteiger partial charge is 0.224 e. The average molecular weight is 799 g/mol. The van der Waals surface area contributed by atoms with Crippen LogP contribution in [0.3, 0.4) is 0 Å². The van der Waals surface area contributed by atoms with Crippen LogP contribution >= 0.6 is 0 Å². The van der Waals surface area contributed by atoms with E-state index in [1.165, 1.54) is 70.6 Å². The summed E-state index contributed by atoms with van der Waals surface area (Å²) in [6, 6.07) is 15.8. The Bertz CT molecular complexity index is 1280. The molecule has 0 spiro atoms. The maximum atomic E-state index is 13.0. The zero-order valence-corrected chi connectivity index (χ0v) is 35.0. The number of carbonyl (C=O) groups excluding carboxylic acids is 1. The van der Waals surface area contributed by atoms with Gasteiger partial charge < -0.3 is 43.6 Å². The number of hydrogen-bond donors (Lipinski definition) is 2. The highest BCUT2D eigenvalue weighted by Crippen LogP contribution is 2.38. The molecule has 3 unspecified atom stereocenters. The summed E-state index contributed by atoms with van der Waals surface area (Å²) in [4.78, 5) is 15.3. The lowest BCUT2D eigenvalue weighted by Crippen LogP contribution is -2.42. The minimum absolute atomic E-state index is 0.0101. The zero-order valence-electron chi connectivity index (χ0n) is 35.0. The van der Waals surface area contributed by atoms with Crippen molar-refractivity contribution in [2.24, 2.45) is 0 Å². The molecule has 2 fully saturated rings. The van der Waals surface area contributed by atoms with E-state index >= 15 is 0 Å². The number of carbonyl (C=O) groups is 1. The molecule has 322 valence electrons. The Balaban J connectivity index is 1.29. The molecule has 2 aliphatic rings. The lowest BCUT2D eigenvalue weighted by Gasteiger charge is -2.38. The van der Waals surface area contributed by atoms with Gasteiger partial charge in [-0.2, -0.15) is 0 Å². The summed E-state index contributed by atoms with van der Waals surface area (Å²) in [6.07, 6.45) is 16.8. The van der Waals surface area contributed by atoms with E-state index in [4.69, 9.17) is 33.2 Å². The van der Waals surface area contributed by atoms with Crippen LogP contribution in [0.15, 0.2) is 48.5 Å². The fourth-order valence-electron chi connectivity index (χ4n) is 7.27. The first-order chi connectivity index (χ1) is 28.1. The molecule has 0 saturated carbocycles. The van der Waals surface area contributed by atoms with Gasteiger partial charge >= 0.3 is 0 Å².